The third kappa shape index (κ3) is 8.56. The van der Waals surface area contributed by atoms with E-state index in [1.54, 1.807) is 13.8 Å². The maximum absolute atomic E-state index is 12.4. The van der Waals surface area contributed by atoms with Crippen molar-refractivity contribution in [2.45, 2.75) is 73.0 Å². The third-order valence-corrected chi connectivity index (χ3v) is 5.34. The van der Waals surface area contributed by atoms with Gasteiger partial charge in [-0.1, -0.05) is 38.1 Å². The van der Waals surface area contributed by atoms with Crippen molar-refractivity contribution >= 4 is 23.6 Å². The van der Waals surface area contributed by atoms with Crippen LogP contribution in [0.1, 0.15) is 65.5 Å². The van der Waals surface area contributed by atoms with E-state index in [1.807, 2.05) is 76.2 Å². The zero-order chi connectivity index (χ0) is 25.8. The summed E-state index contributed by atoms with van der Waals surface area (Å²) in [7, 11) is 0. The molecule has 2 aromatic rings. The van der Waals surface area contributed by atoms with Crippen LogP contribution in [0.15, 0.2) is 48.5 Å². The fraction of sp³-hybridized carbons (Fsp3) is 0.481. The Labute approximate surface area is 208 Å². The molecule has 0 fully saturated rings. The molecule has 192 valence electrons. The van der Waals surface area contributed by atoms with Gasteiger partial charge in [0.1, 0.15) is 0 Å². The molecule has 2 aromatic carbocycles. The summed E-state index contributed by atoms with van der Waals surface area (Å²) in [6.07, 6.45) is 0.869. The van der Waals surface area contributed by atoms with E-state index in [1.165, 1.54) is 10.1 Å². The Bertz CT molecular complexity index is 841. The zero-order valence-corrected chi connectivity index (χ0v) is 21.7. The van der Waals surface area contributed by atoms with Crippen molar-refractivity contribution in [3.63, 3.8) is 0 Å². The zero-order valence-electron chi connectivity index (χ0n) is 21.7. The number of rotatable bonds is 12. The smallest absolute Gasteiger partial charge is 0.438 e. The molecule has 0 N–H and O–H groups in total. The molecule has 0 bridgehead atoms. The van der Waals surface area contributed by atoms with Crippen molar-refractivity contribution in [3.05, 3.63) is 59.7 Å². The Morgan fingerprint density at radius 1 is 0.657 bits per heavy atom. The molecule has 0 saturated carbocycles. The predicted molar refractivity (Wildman–Crippen MR) is 136 cm³/mol. The molecule has 0 aliphatic rings. The van der Waals surface area contributed by atoms with Crippen LogP contribution in [-0.2, 0) is 25.6 Å². The van der Waals surface area contributed by atoms with Crippen LogP contribution in [0.2, 0.25) is 0 Å². The fourth-order valence-electron chi connectivity index (χ4n) is 3.03. The highest BCUT2D eigenvalue weighted by Crippen LogP contribution is 2.23. The molecule has 2 unspecified atom stereocenters. The highest BCUT2D eigenvalue weighted by molar-refractivity contribution is 5.86. The topological polar surface area (TPSA) is 77.5 Å². The number of hydroxylamine groups is 2. The lowest BCUT2D eigenvalue weighted by atomic mass is 10.0. The molecule has 2 amide bonds. The molecule has 8 nitrogen and oxygen atoms in total. The molecule has 2 rings (SSSR count). The molecule has 0 aliphatic carbocycles. The van der Waals surface area contributed by atoms with Crippen molar-refractivity contribution < 1.29 is 28.7 Å². The quantitative estimate of drug-likeness (QED) is 0.312. The summed E-state index contributed by atoms with van der Waals surface area (Å²) < 4.78 is 10.3. The molecule has 0 aliphatic heterocycles. The van der Waals surface area contributed by atoms with Crippen LogP contribution in [0.5, 0.6) is 0 Å². The first-order valence-corrected chi connectivity index (χ1v) is 12.3. The molecule has 0 heterocycles. The number of amides is 2. The van der Waals surface area contributed by atoms with Gasteiger partial charge in [-0.2, -0.15) is 10.1 Å². The Balaban J connectivity index is 2.14. The Hall–Kier alpha value is -3.10. The first-order chi connectivity index (χ1) is 16.8. The van der Waals surface area contributed by atoms with E-state index in [-0.39, 0.29) is 25.4 Å². The van der Waals surface area contributed by atoms with Gasteiger partial charge in [-0.25, -0.2) is 9.59 Å². The van der Waals surface area contributed by atoms with Crippen LogP contribution in [-0.4, -0.2) is 37.6 Å². The van der Waals surface area contributed by atoms with Crippen LogP contribution in [0, 0.1) is 0 Å². The average molecular weight is 487 g/mol. The standard InChI is InChI=1S/C27H38N2O6/c1-7-20(5)34-28(26(30)32-9-3)24-15-11-22(12-16-24)19-23-13-17-25(18-14-23)29(27(31)33-10-4)35-21(6)8-2/h11-18,20-21H,7-10,19H2,1-6H3. The second kappa shape index (κ2) is 14.3. The molecule has 2 atom stereocenters. The lowest BCUT2D eigenvalue weighted by molar-refractivity contribution is 0.0330. The first-order valence-electron chi connectivity index (χ1n) is 12.3. The monoisotopic (exact) mass is 486 g/mol. The molecular weight excluding hydrogens is 448 g/mol. The third-order valence-electron chi connectivity index (χ3n) is 5.34. The van der Waals surface area contributed by atoms with Crippen LogP contribution in [0.4, 0.5) is 21.0 Å². The largest absolute Gasteiger partial charge is 0.448 e. The van der Waals surface area contributed by atoms with Crippen LogP contribution in [0.25, 0.3) is 0 Å². The summed E-state index contributed by atoms with van der Waals surface area (Å²) in [5.74, 6) is 0. The SMILES string of the molecule is CCOC(=O)N(OC(C)CC)c1ccc(Cc2ccc(N(OC(C)CC)C(=O)OCC)cc2)cc1. The van der Waals surface area contributed by atoms with Gasteiger partial charge in [0.15, 0.2) is 0 Å². The van der Waals surface area contributed by atoms with Gasteiger partial charge in [0.05, 0.1) is 36.8 Å². The summed E-state index contributed by atoms with van der Waals surface area (Å²) in [5.41, 5.74) is 3.34. The fourth-order valence-corrected chi connectivity index (χ4v) is 3.03. The summed E-state index contributed by atoms with van der Waals surface area (Å²) >= 11 is 0. The number of ether oxygens (including phenoxy) is 2. The number of nitrogens with zero attached hydrogens (tertiary/aromatic N) is 2. The Kier molecular flexibility index (Phi) is 11.5. The molecule has 8 heteroatoms. The van der Waals surface area contributed by atoms with E-state index >= 15 is 0 Å². The second-order valence-electron chi connectivity index (χ2n) is 8.14. The number of carbonyl (C=O) groups excluding carboxylic acids is 2. The predicted octanol–water partition coefficient (Wildman–Crippen LogP) is 6.66. The second-order valence-corrected chi connectivity index (χ2v) is 8.14. The van der Waals surface area contributed by atoms with Gasteiger partial charge < -0.3 is 9.47 Å². The van der Waals surface area contributed by atoms with Crippen molar-refractivity contribution in [3.8, 4) is 0 Å². The summed E-state index contributed by atoms with van der Waals surface area (Å²) in [4.78, 5) is 36.3. The molecule has 0 saturated heterocycles. The lowest BCUT2D eigenvalue weighted by Gasteiger charge is -2.24. The van der Waals surface area contributed by atoms with E-state index in [4.69, 9.17) is 19.1 Å². The van der Waals surface area contributed by atoms with E-state index in [0.717, 1.165) is 24.0 Å². The number of anilines is 2. The van der Waals surface area contributed by atoms with Crippen LogP contribution >= 0.6 is 0 Å². The van der Waals surface area contributed by atoms with Gasteiger partial charge in [0, 0.05) is 0 Å². The maximum atomic E-state index is 12.4. The lowest BCUT2D eigenvalue weighted by Crippen LogP contribution is -2.34. The maximum Gasteiger partial charge on any atom is 0.438 e. The van der Waals surface area contributed by atoms with Gasteiger partial charge in [-0.05, 0) is 82.3 Å². The molecule has 35 heavy (non-hydrogen) atoms. The van der Waals surface area contributed by atoms with Gasteiger partial charge in [0.25, 0.3) is 0 Å². The summed E-state index contributed by atoms with van der Waals surface area (Å²) in [6, 6.07) is 15.2. The number of hydrogen-bond acceptors (Lipinski definition) is 6. The van der Waals surface area contributed by atoms with Crippen LogP contribution in [0.3, 0.4) is 0 Å². The summed E-state index contributed by atoms with van der Waals surface area (Å²) in [5, 5.41) is 2.41. The summed E-state index contributed by atoms with van der Waals surface area (Å²) in [6.45, 7) is 11.8. The van der Waals surface area contributed by atoms with E-state index in [9.17, 15) is 9.59 Å². The normalized spacial score (nSPS) is 12.5. The van der Waals surface area contributed by atoms with Crippen molar-refractivity contribution in [1.29, 1.82) is 0 Å². The van der Waals surface area contributed by atoms with Crippen LogP contribution < -0.4 is 10.1 Å². The first kappa shape index (κ1) is 28.1. The average Bonchev–Trinajstić information content (AvgIpc) is 2.86. The van der Waals surface area contributed by atoms with Crippen molar-refractivity contribution in [1.82, 2.24) is 0 Å². The van der Waals surface area contributed by atoms with Gasteiger partial charge in [-0.3, -0.25) is 9.68 Å². The number of hydrogen-bond donors (Lipinski definition) is 0. The number of carbonyl (C=O) groups is 2. The highest BCUT2D eigenvalue weighted by Gasteiger charge is 2.22. The molecular formula is C27H38N2O6. The minimum absolute atomic E-state index is 0.129. The Morgan fingerprint density at radius 2 is 1.00 bits per heavy atom. The van der Waals surface area contributed by atoms with Gasteiger partial charge in [0.2, 0.25) is 0 Å². The Morgan fingerprint density at radius 3 is 1.29 bits per heavy atom. The molecule has 0 spiro atoms. The number of benzene rings is 2. The molecule has 0 radical (unpaired) electrons. The van der Waals surface area contributed by atoms with Crippen molar-refractivity contribution in [2.24, 2.45) is 0 Å². The van der Waals surface area contributed by atoms with Gasteiger partial charge in [-0.15, -0.1) is 0 Å². The van der Waals surface area contributed by atoms with E-state index < -0.39 is 12.2 Å². The minimum atomic E-state index is -0.540. The van der Waals surface area contributed by atoms with E-state index in [2.05, 4.69) is 0 Å². The minimum Gasteiger partial charge on any atom is -0.448 e. The van der Waals surface area contributed by atoms with E-state index in [0.29, 0.717) is 17.8 Å². The molecule has 0 aromatic heterocycles. The van der Waals surface area contributed by atoms with Gasteiger partial charge >= 0.3 is 12.2 Å². The highest BCUT2D eigenvalue weighted by atomic mass is 16.7. The van der Waals surface area contributed by atoms with Crippen molar-refractivity contribution in [2.75, 3.05) is 23.3 Å².